The molecule has 0 radical (unpaired) electrons. The maximum atomic E-state index is 10.7. The standard InChI is InChI=1S/C8H10N2S.C7H16N4O2/c1-6-5-11-8(10-6)7-2-3-9-4-7;1-4(2)5(7(12)13)3-6(10-8)11-9/h2,5,9H,3-4H2,1H3;4-5H,3,8-9H2,1-2H3,(H,10,11)(H,12,13). The molecule has 0 aromatic carbocycles. The molecular weight excluding hydrogens is 328 g/mol. The van der Waals surface area contributed by atoms with Crippen LogP contribution in [-0.4, -0.2) is 35.0 Å². The Labute approximate surface area is 146 Å². The molecule has 2 heterocycles. The quantitative estimate of drug-likeness (QED) is 0.229. The molecular formula is C15H26N6O2S. The van der Waals surface area contributed by atoms with Crippen molar-refractivity contribution in [1.29, 1.82) is 0 Å². The van der Waals surface area contributed by atoms with E-state index >= 15 is 0 Å². The Kier molecular flexibility index (Phi) is 8.37. The van der Waals surface area contributed by atoms with Gasteiger partial charge in [-0.25, -0.2) is 10.8 Å². The molecule has 7 N–H and O–H groups in total. The van der Waals surface area contributed by atoms with Crippen LogP contribution in [0.4, 0.5) is 0 Å². The Morgan fingerprint density at radius 3 is 2.67 bits per heavy atom. The van der Waals surface area contributed by atoms with Crippen LogP contribution in [0.15, 0.2) is 16.6 Å². The summed E-state index contributed by atoms with van der Waals surface area (Å²) in [4.78, 5) is 15.1. The summed E-state index contributed by atoms with van der Waals surface area (Å²) in [5.74, 6) is 8.99. The smallest absolute Gasteiger partial charge is 0.307 e. The average molecular weight is 354 g/mol. The number of hydrogen-bond donors (Lipinski definition) is 5. The number of nitrogens with two attached hydrogens (primary N) is 2. The number of carbonyl (C=O) groups is 1. The summed E-state index contributed by atoms with van der Waals surface area (Å²) in [6.07, 6.45) is 2.43. The summed E-state index contributed by atoms with van der Waals surface area (Å²) in [5, 5.41) is 18.7. The zero-order chi connectivity index (χ0) is 18.1. The monoisotopic (exact) mass is 354 g/mol. The SMILES string of the molecule is CC(C)C(C/C(=N/N)NN)C(=O)O.Cc1csc(C2=CCNC2)n1. The van der Waals surface area contributed by atoms with Gasteiger partial charge in [0.15, 0.2) is 0 Å². The molecule has 1 aliphatic heterocycles. The summed E-state index contributed by atoms with van der Waals surface area (Å²) in [5.41, 5.74) is 4.73. The summed E-state index contributed by atoms with van der Waals surface area (Å²) >= 11 is 1.73. The number of carboxylic acid groups (broad SMARTS) is 1. The predicted octanol–water partition coefficient (Wildman–Crippen LogP) is 0.907. The molecule has 1 aromatic rings. The predicted molar refractivity (Wildman–Crippen MR) is 97.2 cm³/mol. The molecule has 134 valence electrons. The minimum Gasteiger partial charge on any atom is -0.481 e. The van der Waals surface area contributed by atoms with Crippen LogP contribution >= 0.6 is 11.3 Å². The van der Waals surface area contributed by atoms with Crippen molar-refractivity contribution in [2.45, 2.75) is 27.2 Å². The van der Waals surface area contributed by atoms with E-state index in [1.807, 2.05) is 20.8 Å². The highest BCUT2D eigenvalue weighted by molar-refractivity contribution is 7.10. The van der Waals surface area contributed by atoms with E-state index in [9.17, 15) is 4.79 Å². The number of rotatable bonds is 5. The number of thiazole rings is 1. The number of amidine groups is 1. The molecule has 0 fully saturated rings. The molecule has 24 heavy (non-hydrogen) atoms. The maximum absolute atomic E-state index is 10.7. The van der Waals surface area contributed by atoms with Crippen LogP contribution in [-0.2, 0) is 4.79 Å². The summed E-state index contributed by atoms with van der Waals surface area (Å²) < 4.78 is 0. The van der Waals surface area contributed by atoms with Crippen LogP contribution in [0.25, 0.3) is 5.57 Å². The largest absolute Gasteiger partial charge is 0.481 e. The van der Waals surface area contributed by atoms with Crippen molar-refractivity contribution in [2.75, 3.05) is 13.1 Å². The zero-order valence-electron chi connectivity index (χ0n) is 14.2. The second-order valence-electron chi connectivity index (χ2n) is 5.77. The Morgan fingerprint density at radius 2 is 2.29 bits per heavy atom. The summed E-state index contributed by atoms with van der Waals surface area (Å²) in [7, 11) is 0. The number of nitrogens with zero attached hydrogens (tertiary/aromatic N) is 2. The molecule has 1 atom stereocenters. The van der Waals surface area contributed by atoms with Crippen molar-refractivity contribution < 1.29 is 9.90 Å². The second-order valence-corrected chi connectivity index (χ2v) is 6.63. The van der Waals surface area contributed by atoms with E-state index in [4.69, 9.17) is 16.8 Å². The summed E-state index contributed by atoms with van der Waals surface area (Å²) in [6.45, 7) is 7.65. The van der Waals surface area contributed by atoms with E-state index in [0.29, 0.717) is 5.84 Å². The fourth-order valence-corrected chi connectivity index (χ4v) is 2.94. The van der Waals surface area contributed by atoms with Crippen molar-refractivity contribution in [2.24, 2.45) is 28.6 Å². The van der Waals surface area contributed by atoms with Gasteiger partial charge < -0.3 is 21.7 Å². The zero-order valence-corrected chi connectivity index (χ0v) is 15.1. The third-order valence-corrected chi connectivity index (χ3v) is 4.60. The number of hydrazine groups is 1. The van der Waals surface area contributed by atoms with Crippen molar-refractivity contribution in [3.63, 3.8) is 0 Å². The van der Waals surface area contributed by atoms with Crippen molar-refractivity contribution in [3.8, 4) is 0 Å². The van der Waals surface area contributed by atoms with E-state index in [2.05, 4.69) is 32.3 Å². The number of hydrogen-bond acceptors (Lipinski definition) is 7. The maximum Gasteiger partial charge on any atom is 0.307 e. The molecule has 1 aliphatic rings. The van der Waals surface area contributed by atoms with Crippen LogP contribution < -0.4 is 22.4 Å². The van der Waals surface area contributed by atoms with Crippen molar-refractivity contribution in [3.05, 3.63) is 22.2 Å². The Balaban J connectivity index is 0.000000242. The van der Waals surface area contributed by atoms with Gasteiger partial charge >= 0.3 is 5.97 Å². The first kappa shape index (κ1) is 20.1. The van der Waals surface area contributed by atoms with Crippen LogP contribution in [0.5, 0.6) is 0 Å². The lowest BCUT2D eigenvalue weighted by Crippen LogP contribution is -2.35. The number of aryl methyl sites for hydroxylation is 1. The van der Waals surface area contributed by atoms with Crippen molar-refractivity contribution >= 4 is 28.7 Å². The van der Waals surface area contributed by atoms with Gasteiger partial charge in [0.05, 0.1) is 5.92 Å². The van der Waals surface area contributed by atoms with Crippen LogP contribution in [0, 0.1) is 18.8 Å². The van der Waals surface area contributed by atoms with Gasteiger partial charge in [-0.3, -0.25) is 4.79 Å². The first-order chi connectivity index (χ1) is 11.4. The highest BCUT2D eigenvalue weighted by Crippen LogP contribution is 2.20. The Bertz CT molecular complexity index is 597. The number of nitrogens with one attached hydrogen (secondary N) is 2. The van der Waals surface area contributed by atoms with Crippen LogP contribution in [0.1, 0.15) is 31.0 Å². The highest BCUT2D eigenvalue weighted by atomic mass is 32.1. The molecule has 0 amide bonds. The number of hydrazone groups is 1. The van der Waals surface area contributed by atoms with Gasteiger partial charge in [0, 0.05) is 30.6 Å². The molecule has 1 unspecified atom stereocenters. The molecule has 0 bridgehead atoms. The lowest BCUT2D eigenvalue weighted by atomic mass is 9.92. The number of aromatic nitrogens is 1. The lowest BCUT2D eigenvalue weighted by Gasteiger charge is -2.16. The van der Waals surface area contributed by atoms with Gasteiger partial charge in [0.1, 0.15) is 10.8 Å². The first-order valence-corrected chi connectivity index (χ1v) is 8.55. The molecule has 0 aliphatic carbocycles. The molecule has 0 saturated heterocycles. The van der Waals surface area contributed by atoms with E-state index in [1.165, 1.54) is 10.6 Å². The summed E-state index contributed by atoms with van der Waals surface area (Å²) in [6, 6.07) is 0. The Hall–Kier alpha value is -1.97. The highest BCUT2D eigenvalue weighted by Gasteiger charge is 2.23. The molecule has 0 spiro atoms. The van der Waals surface area contributed by atoms with Crippen LogP contribution in [0.2, 0.25) is 0 Å². The lowest BCUT2D eigenvalue weighted by molar-refractivity contribution is -0.142. The van der Waals surface area contributed by atoms with Crippen molar-refractivity contribution in [1.82, 2.24) is 15.7 Å². The Morgan fingerprint density at radius 1 is 1.58 bits per heavy atom. The number of carboxylic acids is 1. The van der Waals surface area contributed by atoms with Gasteiger partial charge in [-0.15, -0.1) is 11.3 Å². The molecule has 0 saturated carbocycles. The number of aliphatic carboxylic acids is 1. The minimum absolute atomic E-state index is 0.0163. The molecule has 8 nitrogen and oxygen atoms in total. The van der Waals surface area contributed by atoms with E-state index < -0.39 is 11.9 Å². The second kappa shape index (κ2) is 10.0. The van der Waals surface area contributed by atoms with Gasteiger partial charge in [-0.1, -0.05) is 19.9 Å². The van der Waals surface area contributed by atoms with Gasteiger partial charge in [-0.05, 0) is 18.4 Å². The fraction of sp³-hybridized carbons (Fsp3) is 0.533. The van der Waals surface area contributed by atoms with Gasteiger partial charge in [0.2, 0.25) is 0 Å². The minimum atomic E-state index is -0.869. The molecule has 2 rings (SSSR count). The van der Waals surface area contributed by atoms with Gasteiger partial charge in [-0.2, -0.15) is 5.10 Å². The average Bonchev–Trinajstić information content (AvgIpc) is 3.19. The third kappa shape index (κ3) is 6.26. The fourth-order valence-electron chi connectivity index (χ4n) is 2.10. The van der Waals surface area contributed by atoms with E-state index in [1.54, 1.807) is 11.3 Å². The van der Waals surface area contributed by atoms with Crippen LogP contribution in [0.3, 0.4) is 0 Å². The third-order valence-electron chi connectivity index (χ3n) is 3.56. The molecule has 9 heteroatoms. The topological polar surface area (TPSA) is 139 Å². The normalized spacial score (nSPS) is 15.5. The molecule has 1 aromatic heterocycles. The van der Waals surface area contributed by atoms with E-state index in [0.717, 1.165) is 18.8 Å². The van der Waals surface area contributed by atoms with E-state index in [-0.39, 0.29) is 12.3 Å². The van der Waals surface area contributed by atoms with Gasteiger partial charge in [0.25, 0.3) is 0 Å². The first-order valence-electron chi connectivity index (χ1n) is 7.67.